The van der Waals surface area contributed by atoms with Gasteiger partial charge in [-0.05, 0) is 89.5 Å². The number of benzene rings is 2. The van der Waals surface area contributed by atoms with Crippen LogP contribution in [-0.2, 0) is 17.3 Å². The van der Waals surface area contributed by atoms with E-state index in [-0.39, 0.29) is 10.8 Å². The quantitative estimate of drug-likeness (QED) is 0.157. The van der Waals surface area contributed by atoms with Gasteiger partial charge in [0.1, 0.15) is 11.5 Å². The lowest BCUT2D eigenvalue weighted by Crippen LogP contribution is -2.22. The number of aryl methyl sites for hydroxylation is 2. The summed E-state index contributed by atoms with van der Waals surface area (Å²) >= 11 is 0. The van der Waals surface area contributed by atoms with Gasteiger partial charge in [-0.25, -0.2) is 0 Å². The maximum Gasteiger partial charge on any atom is 0.118 e. The van der Waals surface area contributed by atoms with Crippen LogP contribution in [-0.4, -0.2) is 10.2 Å². The van der Waals surface area contributed by atoms with Crippen LogP contribution in [0.3, 0.4) is 0 Å². The molecule has 0 atom stereocenters. The number of aromatic hydroxyl groups is 2. The van der Waals surface area contributed by atoms with E-state index in [1.165, 1.54) is 112 Å². The van der Waals surface area contributed by atoms with Gasteiger partial charge >= 0.3 is 0 Å². The summed E-state index contributed by atoms with van der Waals surface area (Å²) in [5, 5.41) is 21.5. The number of phenolic OH excluding ortho intramolecular Hbond substituents is 2. The molecule has 2 aromatic rings. The Kier molecular flexibility index (Phi) is 14.8. The third-order valence-corrected chi connectivity index (χ3v) is 9.49. The zero-order valence-electron chi connectivity index (χ0n) is 28.2. The first kappa shape index (κ1) is 35.2. The van der Waals surface area contributed by atoms with E-state index >= 15 is 0 Å². The van der Waals surface area contributed by atoms with Crippen LogP contribution >= 0.6 is 0 Å². The molecule has 232 valence electrons. The van der Waals surface area contributed by atoms with Crippen LogP contribution in [0.25, 0.3) is 0 Å². The molecule has 0 saturated carbocycles. The van der Waals surface area contributed by atoms with E-state index in [1.807, 2.05) is 26.0 Å². The van der Waals surface area contributed by atoms with Crippen molar-refractivity contribution in [2.45, 2.75) is 175 Å². The largest absolute Gasteiger partial charge is 0.508 e. The Balaban J connectivity index is 2.25. The van der Waals surface area contributed by atoms with Crippen molar-refractivity contribution in [1.29, 1.82) is 0 Å². The van der Waals surface area contributed by atoms with Crippen molar-refractivity contribution < 1.29 is 10.2 Å². The predicted octanol–water partition coefficient (Wildman–Crippen LogP) is 12.1. The lowest BCUT2D eigenvalue weighted by Gasteiger charge is -2.31. The summed E-state index contributed by atoms with van der Waals surface area (Å²) in [6, 6.07) is 8.52. The lowest BCUT2D eigenvalue weighted by molar-refractivity contribution is 0.427. The van der Waals surface area contributed by atoms with E-state index in [0.717, 1.165) is 30.4 Å². The number of phenols is 2. The van der Waals surface area contributed by atoms with Crippen LogP contribution < -0.4 is 0 Å². The van der Waals surface area contributed by atoms with Gasteiger partial charge in [0, 0.05) is 0 Å². The normalized spacial score (nSPS) is 12.3. The van der Waals surface area contributed by atoms with E-state index in [2.05, 4.69) is 53.7 Å². The van der Waals surface area contributed by atoms with Gasteiger partial charge in [-0.2, -0.15) is 0 Å². The third-order valence-electron chi connectivity index (χ3n) is 9.49. The fourth-order valence-corrected chi connectivity index (χ4v) is 6.59. The van der Waals surface area contributed by atoms with Gasteiger partial charge in [0.25, 0.3) is 0 Å². The molecule has 0 radical (unpaired) electrons. The van der Waals surface area contributed by atoms with E-state index < -0.39 is 0 Å². The molecule has 0 bridgehead atoms. The number of unbranched alkanes of at least 4 members (excludes halogenated alkanes) is 12. The number of rotatable bonds is 20. The van der Waals surface area contributed by atoms with Crippen molar-refractivity contribution >= 4 is 0 Å². The molecule has 0 amide bonds. The number of hydrogen-bond acceptors (Lipinski definition) is 2. The van der Waals surface area contributed by atoms with Gasteiger partial charge in [0.2, 0.25) is 0 Å². The molecule has 2 nitrogen and oxygen atoms in total. The predicted molar refractivity (Wildman–Crippen MR) is 180 cm³/mol. The molecular weight excluding hydrogens is 500 g/mol. The highest BCUT2D eigenvalue weighted by Gasteiger charge is 2.28. The maximum atomic E-state index is 10.8. The molecule has 0 saturated heterocycles. The standard InChI is InChI=1S/C39H64O2/c1-9-11-13-15-17-19-21-23-38(5,6)34-28-36(40)30(3)25-32(34)27-33-26-31(4)37(41)29-35(33)39(7,8)24-22-20-18-16-14-12-10-2/h25-26,28-29,40-41H,9-24,27H2,1-8H3. The van der Waals surface area contributed by atoms with Crippen LogP contribution in [0.15, 0.2) is 24.3 Å². The molecule has 2 heteroatoms. The van der Waals surface area contributed by atoms with Crippen molar-refractivity contribution in [3.8, 4) is 11.5 Å². The Labute approximate surface area is 254 Å². The molecule has 2 N–H and O–H groups in total. The van der Waals surface area contributed by atoms with Gasteiger partial charge in [0.15, 0.2) is 0 Å². The molecule has 41 heavy (non-hydrogen) atoms. The molecule has 0 aromatic heterocycles. The van der Waals surface area contributed by atoms with Gasteiger partial charge in [-0.1, -0.05) is 144 Å². The lowest BCUT2D eigenvalue weighted by atomic mass is 9.73. The summed E-state index contributed by atoms with van der Waals surface area (Å²) in [6.45, 7) is 18.0. The van der Waals surface area contributed by atoms with E-state index in [9.17, 15) is 10.2 Å². The van der Waals surface area contributed by atoms with Crippen molar-refractivity contribution in [3.05, 3.63) is 57.6 Å². The summed E-state index contributed by atoms with van der Waals surface area (Å²) in [5.74, 6) is 0.801. The Morgan fingerprint density at radius 2 is 0.805 bits per heavy atom. The second kappa shape index (κ2) is 17.2. The molecule has 0 aliphatic carbocycles. The van der Waals surface area contributed by atoms with Crippen molar-refractivity contribution in [2.24, 2.45) is 0 Å². The molecular formula is C39H64O2. The zero-order valence-corrected chi connectivity index (χ0v) is 28.2. The first-order valence-corrected chi connectivity index (χ1v) is 17.1. The van der Waals surface area contributed by atoms with Crippen molar-refractivity contribution in [2.75, 3.05) is 0 Å². The molecule has 0 heterocycles. The monoisotopic (exact) mass is 564 g/mol. The minimum absolute atomic E-state index is 0.0106. The van der Waals surface area contributed by atoms with Crippen LogP contribution in [0.2, 0.25) is 0 Å². The van der Waals surface area contributed by atoms with Crippen LogP contribution in [0.1, 0.15) is 178 Å². The molecule has 2 aromatic carbocycles. The first-order chi connectivity index (χ1) is 19.4. The average Bonchev–Trinajstić information content (AvgIpc) is 2.91. The maximum absolute atomic E-state index is 10.8. The Morgan fingerprint density at radius 1 is 0.488 bits per heavy atom. The molecule has 0 aliphatic rings. The fraction of sp³-hybridized carbons (Fsp3) is 0.692. The number of hydrogen-bond donors (Lipinski definition) is 2. The molecule has 0 unspecified atom stereocenters. The highest BCUT2D eigenvalue weighted by Crippen LogP contribution is 2.40. The molecule has 0 spiro atoms. The smallest absolute Gasteiger partial charge is 0.118 e. The molecule has 0 aliphatic heterocycles. The summed E-state index contributed by atoms with van der Waals surface area (Å²) in [4.78, 5) is 0. The Morgan fingerprint density at radius 3 is 1.15 bits per heavy atom. The van der Waals surface area contributed by atoms with Gasteiger partial charge in [-0.15, -0.1) is 0 Å². The topological polar surface area (TPSA) is 40.5 Å². The first-order valence-electron chi connectivity index (χ1n) is 17.1. The van der Waals surface area contributed by atoms with Crippen LogP contribution in [0.5, 0.6) is 11.5 Å². The zero-order chi connectivity index (χ0) is 30.5. The highest BCUT2D eigenvalue weighted by atomic mass is 16.3. The summed E-state index contributed by atoms with van der Waals surface area (Å²) in [5.41, 5.74) is 7.02. The van der Waals surface area contributed by atoms with E-state index in [4.69, 9.17) is 0 Å². The third kappa shape index (κ3) is 11.3. The minimum atomic E-state index is -0.0106. The van der Waals surface area contributed by atoms with Gasteiger partial charge < -0.3 is 10.2 Å². The van der Waals surface area contributed by atoms with Crippen molar-refractivity contribution in [3.63, 3.8) is 0 Å². The molecule has 0 fully saturated rings. The highest BCUT2D eigenvalue weighted by molar-refractivity contribution is 5.50. The second-order valence-electron chi connectivity index (χ2n) is 14.3. The Hall–Kier alpha value is -1.96. The van der Waals surface area contributed by atoms with E-state index in [1.54, 1.807) is 0 Å². The van der Waals surface area contributed by atoms with Gasteiger partial charge in [-0.3, -0.25) is 0 Å². The summed E-state index contributed by atoms with van der Waals surface area (Å²) < 4.78 is 0. The summed E-state index contributed by atoms with van der Waals surface area (Å²) in [6.07, 6.45) is 21.5. The van der Waals surface area contributed by atoms with Crippen LogP contribution in [0.4, 0.5) is 0 Å². The van der Waals surface area contributed by atoms with Crippen LogP contribution in [0, 0.1) is 13.8 Å². The average molecular weight is 565 g/mol. The Bertz CT molecular complexity index is 963. The summed E-state index contributed by atoms with van der Waals surface area (Å²) in [7, 11) is 0. The SMILES string of the molecule is CCCCCCCCCC(C)(C)c1cc(O)c(C)cc1Cc1cc(C)c(O)cc1C(C)(C)CCCCCCCCC. The second-order valence-corrected chi connectivity index (χ2v) is 14.3. The van der Waals surface area contributed by atoms with Crippen molar-refractivity contribution in [1.82, 2.24) is 0 Å². The fourth-order valence-electron chi connectivity index (χ4n) is 6.59. The molecule has 2 rings (SSSR count). The van der Waals surface area contributed by atoms with E-state index in [0.29, 0.717) is 11.5 Å². The minimum Gasteiger partial charge on any atom is -0.508 e. The van der Waals surface area contributed by atoms with Gasteiger partial charge in [0.05, 0.1) is 0 Å².